The molecule has 2 aromatic heterocycles. The van der Waals surface area contributed by atoms with Gasteiger partial charge in [-0.15, -0.1) is 10.2 Å². The van der Waals surface area contributed by atoms with Crippen LogP contribution in [-0.4, -0.2) is 64.5 Å². The van der Waals surface area contributed by atoms with Gasteiger partial charge in [0.05, 0.1) is 19.0 Å². The molecule has 3 rings (SSSR count). The normalized spacial score (nSPS) is 17.7. The lowest BCUT2D eigenvalue weighted by Gasteiger charge is -2.29. The molecule has 1 saturated heterocycles. The number of nitrogens with one attached hydrogen (secondary N) is 1. The fourth-order valence-electron chi connectivity index (χ4n) is 2.37. The number of aryl methyl sites for hydroxylation is 1. The highest BCUT2D eigenvalue weighted by Crippen LogP contribution is 2.21. The van der Waals surface area contributed by atoms with E-state index in [0.717, 1.165) is 13.1 Å². The van der Waals surface area contributed by atoms with Gasteiger partial charge in [0, 0.05) is 19.2 Å². The highest BCUT2D eigenvalue weighted by molar-refractivity contribution is 5.52. The largest absolute Gasteiger partial charge is 0.489 e. The third-order valence-electron chi connectivity index (χ3n) is 3.72. The maximum absolute atomic E-state index is 8.74. The van der Waals surface area contributed by atoms with Crippen LogP contribution in [0.1, 0.15) is 11.4 Å². The van der Waals surface area contributed by atoms with E-state index in [2.05, 4.69) is 37.4 Å². The standard InChI is InChI=1S/C16H19N7O2/c1-11-14(25-10-13-9-23(2)3-4-24-13)5-15(22-21-11)20-16-8-18-12(6-17)7-19-16/h5,7-8,13H,3-4,9-10H2,1-2H3,(H,19,20,22). The maximum Gasteiger partial charge on any atom is 0.158 e. The fraction of sp³-hybridized carbons (Fsp3) is 0.438. The minimum absolute atomic E-state index is 0.0344. The Morgan fingerprint density at radius 1 is 1.36 bits per heavy atom. The second-order valence-electron chi connectivity index (χ2n) is 5.77. The van der Waals surface area contributed by atoms with Crippen LogP contribution in [-0.2, 0) is 4.74 Å². The summed E-state index contributed by atoms with van der Waals surface area (Å²) in [6, 6.07) is 3.68. The van der Waals surface area contributed by atoms with Crippen molar-refractivity contribution in [3.63, 3.8) is 0 Å². The molecule has 0 radical (unpaired) electrons. The molecule has 0 saturated carbocycles. The van der Waals surface area contributed by atoms with Crippen LogP contribution >= 0.6 is 0 Å². The van der Waals surface area contributed by atoms with Crippen LogP contribution in [0.2, 0.25) is 0 Å². The van der Waals surface area contributed by atoms with Crippen molar-refractivity contribution in [3.8, 4) is 11.8 Å². The van der Waals surface area contributed by atoms with Gasteiger partial charge in [-0.1, -0.05) is 0 Å². The predicted octanol–water partition coefficient (Wildman–Crippen LogP) is 0.900. The van der Waals surface area contributed by atoms with Crippen LogP contribution < -0.4 is 10.1 Å². The summed E-state index contributed by atoms with van der Waals surface area (Å²) in [4.78, 5) is 10.3. The first kappa shape index (κ1) is 17.0. The van der Waals surface area contributed by atoms with E-state index in [-0.39, 0.29) is 11.8 Å². The van der Waals surface area contributed by atoms with Crippen molar-refractivity contribution in [1.29, 1.82) is 5.26 Å². The summed E-state index contributed by atoms with van der Waals surface area (Å²) in [7, 11) is 2.06. The smallest absolute Gasteiger partial charge is 0.158 e. The predicted molar refractivity (Wildman–Crippen MR) is 89.5 cm³/mol. The Balaban J connectivity index is 1.64. The zero-order chi connectivity index (χ0) is 17.6. The molecule has 0 bridgehead atoms. The maximum atomic E-state index is 8.74. The van der Waals surface area contributed by atoms with Crippen LogP contribution in [0, 0.1) is 18.3 Å². The molecule has 1 unspecified atom stereocenters. The molecule has 1 aliphatic rings. The van der Waals surface area contributed by atoms with Gasteiger partial charge in [-0.3, -0.25) is 0 Å². The van der Waals surface area contributed by atoms with Gasteiger partial charge in [0.1, 0.15) is 36.0 Å². The first-order valence-electron chi connectivity index (χ1n) is 7.90. The molecule has 130 valence electrons. The van der Waals surface area contributed by atoms with Crippen molar-refractivity contribution in [2.24, 2.45) is 0 Å². The molecule has 1 aliphatic heterocycles. The number of ether oxygens (including phenoxy) is 2. The number of rotatable bonds is 5. The number of nitrogens with zero attached hydrogens (tertiary/aromatic N) is 6. The van der Waals surface area contributed by atoms with Gasteiger partial charge in [0.25, 0.3) is 0 Å². The van der Waals surface area contributed by atoms with Crippen LogP contribution in [0.3, 0.4) is 0 Å². The Morgan fingerprint density at radius 3 is 2.96 bits per heavy atom. The van der Waals surface area contributed by atoms with E-state index in [9.17, 15) is 0 Å². The first-order valence-corrected chi connectivity index (χ1v) is 7.90. The highest BCUT2D eigenvalue weighted by Gasteiger charge is 2.19. The number of nitriles is 1. The van der Waals surface area contributed by atoms with E-state index >= 15 is 0 Å². The highest BCUT2D eigenvalue weighted by atomic mass is 16.5. The number of aromatic nitrogens is 4. The van der Waals surface area contributed by atoms with Gasteiger partial charge in [0.15, 0.2) is 11.5 Å². The fourth-order valence-corrected chi connectivity index (χ4v) is 2.37. The summed E-state index contributed by atoms with van der Waals surface area (Å²) < 4.78 is 11.6. The van der Waals surface area contributed by atoms with E-state index in [0.29, 0.717) is 36.3 Å². The van der Waals surface area contributed by atoms with Gasteiger partial charge in [-0.05, 0) is 14.0 Å². The summed E-state index contributed by atoms with van der Waals surface area (Å²) in [6.45, 7) is 4.77. The SMILES string of the molecule is Cc1nnc(Nc2cnc(C#N)cn2)cc1OCC1CN(C)CCO1. The van der Waals surface area contributed by atoms with Crippen LogP contribution in [0.25, 0.3) is 0 Å². The van der Waals surface area contributed by atoms with Crippen molar-refractivity contribution in [1.82, 2.24) is 25.1 Å². The molecular weight excluding hydrogens is 322 g/mol. The van der Waals surface area contributed by atoms with Gasteiger partial charge < -0.3 is 19.7 Å². The molecule has 2 aromatic rings. The number of likely N-dealkylation sites (N-methyl/N-ethyl adjacent to an activating group) is 1. The van der Waals surface area contributed by atoms with Crippen LogP contribution in [0.4, 0.5) is 11.6 Å². The summed E-state index contributed by atoms with van der Waals surface area (Å²) in [5.41, 5.74) is 0.947. The van der Waals surface area contributed by atoms with Crippen LogP contribution in [0.15, 0.2) is 18.5 Å². The summed E-state index contributed by atoms with van der Waals surface area (Å²) in [5.74, 6) is 1.59. The number of morpholine rings is 1. The topological polar surface area (TPSA) is 109 Å². The first-order chi connectivity index (χ1) is 12.1. The van der Waals surface area contributed by atoms with E-state index in [4.69, 9.17) is 14.7 Å². The summed E-state index contributed by atoms with van der Waals surface area (Å²) in [6.07, 6.45) is 2.89. The molecular formula is C16H19N7O2. The van der Waals surface area contributed by atoms with Crippen molar-refractivity contribution >= 4 is 11.6 Å². The number of hydrogen-bond donors (Lipinski definition) is 1. The third kappa shape index (κ3) is 4.59. The minimum atomic E-state index is 0.0344. The summed E-state index contributed by atoms with van der Waals surface area (Å²) >= 11 is 0. The number of hydrogen-bond acceptors (Lipinski definition) is 9. The van der Waals surface area contributed by atoms with Gasteiger partial charge >= 0.3 is 0 Å². The Hall–Kier alpha value is -2.83. The Morgan fingerprint density at radius 2 is 2.24 bits per heavy atom. The summed E-state index contributed by atoms with van der Waals surface area (Å²) in [5, 5.41) is 19.9. The zero-order valence-electron chi connectivity index (χ0n) is 14.1. The van der Waals surface area contributed by atoms with Gasteiger partial charge in [0.2, 0.25) is 0 Å². The molecule has 0 spiro atoms. The lowest BCUT2D eigenvalue weighted by molar-refractivity contribution is -0.0405. The van der Waals surface area contributed by atoms with E-state index < -0.39 is 0 Å². The van der Waals surface area contributed by atoms with Gasteiger partial charge in [-0.25, -0.2) is 9.97 Å². The van der Waals surface area contributed by atoms with E-state index in [1.54, 1.807) is 6.07 Å². The molecule has 0 aliphatic carbocycles. The molecule has 1 N–H and O–H groups in total. The lowest BCUT2D eigenvalue weighted by atomic mass is 10.3. The molecule has 0 aromatic carbocycles. The lowest BCUT2D eigenvalue weighted by Crippen LogP contribution is -2.42. The van der Waals surface area contributed by atoms with Crippen molar-refractivity contribution in [3.05, 3.63) is 29.8 Å². The molecule has 9 heteroatoms. The van der Waals surface area contributed by atoms with Gasteiger partial charge in [-0.2, -0.15) is 5.26 Å². The number of anilines is 2. The van der Waals surface area contributed by atoms with Crippen LogP contribution in [0.5, 0.6) is 5.75 Å². The Bertz CT molecular complexity index is 760. The van der Waals surface area contributed by atoms with Crippen molar-refractivity contribution in [2.45, 2.75) is 13.0 Å². The molecule has 3 heterocycles. The third-order valence-corrected chi connectivity index (χ3v) is 3.72. The van der Waals surface area contributed by atoms with Crippen molar-refractivity contribution in [2.75, 3.05) is 38.7 Å². The average molecular weight is 341 g/mol. The molecule has 0 amide bonds. The molecule has 1 fully saturated rings. The quantitative estimate of drug-likeness (QED) is 0.848. The Kier molecular flexibility index (Phi) is 5.33. The molecule has 1 atom stereocenters. The van der Waals surface area contributed by atoms with E-state index in [1.807, 2.05) is 13.0 Å². The molecule has 25 heavy (non-hydrogen) atoms. The molecule has 9 nitrogen and oxygen atoms in total. The van der Waals surface area contributed by atoms with Crippen molar-refractivity contribution < 1.29 is 9.47 Å². The minimum Gasteiger partial charge on any atom is -0.489 e. The second kappa shape index (κ2) is 7.83. The average Bonchev–Trinajstić information content (AvgIpc) is 2.63. The monoisotopic (exact) mass is 341 g/mol. The zero-order valence-corrected chi connectivity index (χ0v) is 14.1. The Labute approximate surface area is 145 Å². The second-order valence-corrected chi connectivity index (χ2v) is 5.77. The van der Waals surface area contributed by atoms with E-state index in [1.165, 1.54) is 12.4 Å².